The number of ether oxygens (including phenoxy) is 5. The number of hydrogen-bond acceptors (Lipinski definition) is 12. The van der Waals surface area contributed by atoms with E-state index in [0.29, 0.717) is 0 Å². The van der Waals surface area contributed by atoms with Crippen molar-refractivity contribution in [3.05, 3.63) is 52.9 Å². The molecule has 0 saturated carbocycles. The van der Waals surface area contributed by atoms with Crippen LogP contribution in [-0.2, 0) is 47.7 Å². The van der Waals surface area contributed by atoms with Crippen LogP contribution in [0.4, 0.5) is 0 Å². The minimum Gasteiger partial charge on any atom is -0.463 e. The first-order chi connectivity index (χ1) is 19.4. The average molecular weight is 602 g/mol. The second kappa shape index (κ2) is 12.8. The fourth-order valence-electron chi connectivity index (χ4n) is 4.56. The van der Waals surface area contributed by atoms with Crippen LogP contribution in [0, 0.1) is 0 Å². The Labute approximate surface area is 245 Å². The van der Waals surface area contributed by atoms with E-state index in [1.165, 1.54) is 6.92 Å². The van der Waals surface area contributed by atoms with Crippen LogP contribution < -0.4 is 0 Å². The fourth-order valence-corrected chi connectivity index (χ4v) is 5.87. The lowest BCUT2D eigenvalue weighted by Gasteiger charge is -2.46. The Hall–Kier alpha value is -3.81. The lowest BCUT2D eigenvalue weighted by Crippen LogP contribution is -2.66. The van der Waals surface area contributed by atoms with Crippen molar-refractivity contribution in [1.29, 1.82) is 0 Å². The molecule has 2 aliphatic heterocycles. The summed E-state index contributed by atoms with van der Waals surface area (Å²) in [6.45, 7) is 4.12. The second-order valence-corrected chi connectivity index (χ2v) is 10.9. The molecule has 13 heteroatoms. The second-order valence-electron chi connectivity index (χ2n) is 9.25. The fraction of sp³-hybridized carbons (Fsp3) is 0.357. The minimum atomic E-state index is -1.45. The van der Waals surface area contributed by atoms with E-state index in [1.807, 2.05) is 42.5 Å². The maximum atomic E-state index is 13.7. The Morgan fingerprint density at radius 2 is 1.49 bits per heavy atom. The molecule has 0 aromatic heterocycles. The van der Waals surface area contributed by atoms with Crippen LogP contribution in [0.3, 0.4) is 0 Å². The van der Waals surface area contributed by atoms with E-state index >= 15 is 0 Å². The van der Waals surface area contributed by atoms with Gasteiger partial charge in [-0.2, -0.15) is 0 Å². The topological polar surface area (TPSA) is 135 Å². The van der Waals surface area contributed by atoms with Gasteiger partial charge in [0, 0.05) is 27.7 Å². The van der Waals surface area contributed by atoms with Crippen LogP contribution >= 0.6 is 24.0 Å². The third-order valence-electron chi connectivity index (χ3n) is 6.12. The number of benzene rings is 2. The molecule has 0 aliphatic carbocycles. The molecule has 0 bridgehead atoms. The monoisotopic (exact) mass is 601 g/mol. The van der Waals surface area contributed by atoms with Gasteiger partial charge < -0.3 is 23.7 Å². The predicted octanol–water partition coefficient (Wildman–Crippen LogP) is 3.12. The minimum absolute atomic E-state index is 0.0861. The van der Waals surface area contributed by atoms with Crippen LogP contribution in [0.5, 0.6) is 0 Å². The molecule has 2 aromatic carbocycles. The molecule has 2 heterocycles. The molecule has 41 heavy (non-hydrogen) atoms. The molecule has 5 atom stereocenters. The Bertz CT molecular complexity index is 1440. The molecular weight excluding hydrogens is 574 g/mol. The first kappa shape index (κ1) is 30.2. The van der Waals surface area contributed by atoms with Crippen LogP contribution in [0.15, 0.2) is 47.4 Å². The Morgan fingerprint density at radius 1 is 0.878 bits per heavy atom. The van der Waals surface area contributed by atoms with Crippen molar-refractivity contribution in [2.45, 2.75) is 58.3 Å². The zero-order valence-electron chi connectivity index (χ0n) is 22.6. The summed E-state index contributed by atoms with van der Waals surface area (Å²) in [4.78, 5) is 62.9. The number of carbonyl (C=O) groups excluding carboxylic acids is 5. The number of thiocarbonyl (C=S) groups is 1. The summed E-state index contributed by atoms with van der Waals surface area (Å²) in [5, 5.41) is 2.02. The number of esters is 4. The number of amides is 1. The lowest BCUT2D eigenvalue weighted by atomic mass is 9.96. The van der Waals surface area contributed by atoms with Gasteiger partial charge in [-0.1, -0.05) is 60.4 Å². The van der Waals surface area contributed by atoms with E-state index in [4.69, 9.17) is 35.9 Å². The summed E-state index contributed by atoms with van der Waals surface area (Å²) in [5.74, 6) is -3.51. The number of fused-ring (bicyclic) bond motifs is 1. The van der Waals surface area contributed by atoms with Crippen molar-refractivity contribution in [3.63, 3.8) is 0 Å². The van der Waals surface area contributed by atoms with E-state index < -0.39 is 67.0 Å². The summed E-state index contributed by atoms with van der Waals surface area (Å²) < 4.78 is 27.6. The van der Waals surface area contributed by atoms with Gasteiger partial charge in [-0.25, -0.2) is 0 Å². The van der Waals surface area contributed by atoms with Gasteiger partial charge in [0.2, 0.25) is 0 Å². The third-order valence-corrected chi connectivity index (χ3v) is 7.45. The number of nitrogens with zero attached hydrogens (tertiary/aromatic N) is 1. The summed E-state index contributed by atoms with van der Waals surface area (Å²) in [7, 11) is 0. The van der Waals surface area contributed by atoms with Gasteiger partial charge in [0.15, 0.2) is 28.9 Å². The standard InChI is InChI=1S/C28H27NO10S2/c1-14(30)35-13-21-23(36-15(2)31)24(37-16(3)32)25(38-17(4)33)27(39-21)29-26(34)22(41-28(29)40)12-18-9-10-19-7-5-6-8-20(19)11-18/h5-12,21,23-25,27H,13H2,1-4H3/b22-12-/t21-,23-,24-,25-,27+/m0/s1. The van der Waals surface area contributed by atoms with Gasteiger partial charge in [-0.3, -0.25) is 28.9 Å². The van der Waals surface area contributed by atoms with Gasteiger partial charge in [0.1, 0.15) is 12.7 Å². The molecule has 0 radical (unpaired) electrons. The predicted molar refractivity (Wildman–Crippen MR) is 151 cm³/mol. The highest BCUT2D eigenvalue weighted by atomic mass is 32.2. The van der Waals surface area contributed by atoms with Crippen molar-refractivity contribution in [3.8, 4) is 0 Å². The van der Waals surface area contributed by atoms with E-state index in [2.05, 4.69) is 0 Å². The first-order valence-electron chi connectivity index (χ1n) is 12.5. The van der Waals surface area contributed by atoms with E-state index in [9.17, 15) is 24.0 Å². The SMILES string of the molecule is CC(=O)OC[C@@H]1O[C@@H](N2C(=O)/C(=C/c3ccc4ccccc4c3)SC2=S)[C@@H](OC(C)=O)[C@@H](OC(C)=O)[C@H]1OC(C)=O. The van der Waals surface area contributed by atoms with E-state index in [-0.39, 0.29) is 9.23 Å². The zero-order chi connectivity index (χ0) is 29.8. The van der Waals surface area contributed by atoms with Gasteiger partial charge in [-0.05, 0) is 28.5 Å². The third kappa shape index (κ3) is 7.10. The van der Waals surface area contributed by atoms with Crippen molar-refractivity contribution < 1.29 is 47.7 Å². The summed E-state index contributed by atoms with van der Waals surface area (Å²) in [6.07, 6.45) is -5.16. The molecular formula is C28H27NO10S2. The normalized spacial score (nSPS) is 25.2. The van der Waals surface area contributed by atoms with Crippen LogP contribution in [-0.4, -0.2) is 76.3 Å². The molecule has 2 aromatic rings. The Morgan fingerprint density at radius 3 is 2.12 bits per heavy atom. The maximum absolute atomic E-state index is 13.7. The summed E-state index contributed by atoms with van der Waals surface area (Å²) >= 11 is 6.55. The summed E-state index contributed by atoms with van der Waals surface area (Å²) in [5.41, 5.74) is 0.755. The molecule has 11 nitrogen and oxygen atoms in total. The van der Waals surface area contributed by atoms with Crippen LogP contribution in [0.2, 0.25) is 0 Å². The molecule has 2 saturated heterocycles. The number of carbonyl (C=O) groups is 5. The van der Waals surface area contributed by atoms with Crippen molar-refractivity contribution in [2.75, 3.05) is 6.61 Å². The average Bonchev–Trinajstić information content (AvgIpc) is 3.16. The molecule has 0 unspecified atom stereocenters. The highest BCUT2D eigenvalue weighted by Gasteiger charge is 2.56. The van der Waals surface area contributed by atoms with E-state index in [0.717, 1.165) is 53.8 Å². The quantitative estimate of drug-likeness (QED) is 0.200. The van der Waals surface area contributed by atoms with Crippen LogP contribution in [0.25, 0.3) is 16.8 Å². The highest BCUT2D eigenvalue weighted by Crippen LogP contribution is 2.39. The first-order valence-corrected chi connectivity index (χ1v) is 13.7. The van der Waals surface area contributed by atoms with Crippen LogP contribution in [0.1, 0.15) is 33.3 Å². The van der Waals surface area contributed by atoms with Gasteiger partial charge in [0.05, 0.1) is 4.91 Å². The summed E-state index contributed by atoms with van der Waals surface area (Å²) in [6, 6.07) is 13.5. The molecule has 2 fully saturated rings. The van der Waals surface area contributed by atoms with Gasteiger partial charge >= 0.3 is 23.9 Å². The zero-order valence-corrected chi connectivity index (χ0v) is 24.2. The molecule has 0 spiro atoms. The van der Waals surface area contributed by atoms with Crippen molar-refractivity contribution >= 4 is 74.9 Å². The smallest absolute Gasteiger partial charge is 0.303 e. The van der Waals surface area contributed by atoms with E-state index in [1.54, 1.807) is 6.08 Å². The molecule has 0 N–H and O–H groups in total. The van der Waals surface area contributed by atoms with Gasteiger partial charge in [-0.15, -0.1) is 0 Å². The van der Waals surface area contributed by atoms with Crippen molar-refractivity contribution in [2.24, 2.45) is 0 Å². The molecule has 1 amide bonds. The molecule has 4 rings (SSSR count). The number of thioether (sulfide) groups is 1. The van der Waals surface area contributed by atoms with Gasteiger partial charge in [0.25, 0.3) is 5.91 Å². The molecule has 216 valence electrons. The number of rotatable bonds is 7. The lowest BCUT2D eigenvalue weighted by molar-refractivity contribution is -0.268. The van der Waals surface area contributed by atoms with Crippen molar-refractivity contribution in [1.82, 2.24) is 4.90 Å². The largest absolute Gasteiger partial charge is 0.463 e. The maximum Gasteiger partial charge on any atom is 0.303 e. The molecule has 2 aliphatic rings. The highest BCUT2D eigenvalue weighted by molar-refractivity contribution is 8.26. The Kier molecular flexibility index (Phi) is 9.41. The number of hydrogen-bond donors (Lipinski definition) is 0. The Balaban J connectivity index is 1.73.